The molecule has 1 nitrogen and oxygen atoms in total. The quantitative estimate of drug-likeness (QED) is 0.533. The van der Waals surface area contributed by atoms with Crippen molar-refractivity contribution in [3.63, 3.8) is 0 Å². The zero-order valence-corrected chi connectivity index (χ0v) is 5.74. The van der Waals surface area contributed by atoms with Gasteiger partial charge in [-0.1, -0.05) is 5.92 Å². The van der Waals surface area contributed by atoms with Gasteiger partial charge in [0.15, 0.2) is 0 Å². The first-order chi connectivity index (χ1) is 4.43. The lowest BCUT2D eigenvalue weighted by atomic mass is 10.4. The van der Waals surface area contributed by atoms with Gasteiger partial charge in [0.2, 0.25) is 0 Å². The first-order valence-electron chi connectivity index (χ1n) is 2.57. The van der Waals surface area contributed by atoms with Crippen molar-refractivity contribution < 1.29 is 0 Å². The van der Waals surface area contributed by atoms with E-state index in [1.165, 1.54) is 0 Å². The Hall–Kier alpha value is -0.810. The highest BCUT2D eigenvalue weighted by atomic mass is 32.1. The van der Waals surface area contributed by atoms with Gasteiger partial charge in [-0.25, -0.2) is 4.98 Å². The molecule has 0 bridgehead atoms. The minimum atomic E-state index is 0.737. The number of thiazole rings is 1. The molecule has 45 valence electrons. The van der Waals surface area contributed by atoms with Crippen LogP contribution in [-0.4, -0.2) is 4.98 Å². The molecule has 1 radical (unpaired) electrons. The molecule has 1 rings (SSSR count). The highest BCUT2D eigenvalue weighted by Crippen LogP contribution is 2.02. The molecule has 0 N–H and O–H groups in total. The van der Waals surface area contributed by atoms with Crippen molar-refractivity contribution in [1.82, 2.24) is 4.98 Å². The Labute approximate surface area is 58.8 Å². The van der Waals surface area contributed by atoms with E-state index in [2.05, 4.69) is 23.7 Å². The van der Waals surface area contributed by atoms with Crippen LogP contribution in [0, 0.1) is 18.8 Å². The summed E-state index contributed by atoms with van der Waals surface area (Å²) < 4.78 is 0. The van der Waals surface area contributed by atoms with Crippen LogP contribution in [0.4, 0.5) is 0 Å². The predicted molar refractivity (Wildman–Crippen MR) is 39.0 cm³/mol. The number of aromatic nitrogens is 1. The van der Waals surface area contributed by atoms with Crippen molar-refractivity contribution >= 4 is 11.3 Å². The van der Waals surface area contributed by atoms with Crippen LogP contribution in [-0.2, 0) is 6.42 Å². The van der Waals surface area contributed by atoms with Crippen LogP contribution in [0.5, 0.6) is 0 Å². The van der Waals surface area contributed by atoms with E-state index >= 15 is 0 Å². The second-order valence-electron chi connectivity index (χ2n) is 1.46. The summed E-state index contributed by atoms with van der Waals surface area (Å²) in [5.74, 6) is 5.41. The summed E-state index contributed by atoms with van der Waals surface area (Å²) in [4.78, 5) is 4.04. The molecule has 0 fully saturated rings. The zero-order chi connectivity index (χ0) is 6.53. The minimum Gasteiger partial charge on any atom is -0.249 e. The maximum absolute atomic E-state index is 4.04. The smallest absolute Gasteiger partial charge is 0.104 e. The summed E-state index contributed by atoms with van der Waals surface area (Å²) in [6.45, 7) is 3.40. The van der Waals surface area contributed by atoms with Crippen molar-refractivity contribution in [3.05, 3.63) is 23.5 Å². The summed E-state index contributed by atoms with van der Waals surface area (Å²) in [5, 5.41) is 3.01. The van der Waals surface area contributed by atoms with Crippen molar-refractivity contribution in [2.75, 3.05) is 0 Å². The van der Waals surface area contributed by atoms with Gasteiger partial charge in [-0.3, -0.25) is 0 Å². The van der Waals surface area contributed by atoms with Gasteiger partial charge in [0.1, 0.15) is 5.01 Å². The third-order valence-corrected chi connectivity index (χ3v) is 1.63. The molecule has 0 atom stereocenters. The summed E-state index contributed by atoms with van der Waals surface area (Å²) in [6, 6.07) is 0. The van der Waals surface area contributed by atoms with E-state index in [1.54, 1.807) is 17.5 Å². The third-order valence-electron chi connectivity index (χ3n) is 0.848. The highest BCUT2D eigenvalue weighted by molar-refractivity contribution is 7.09. The average Bonchev–Trinajstić information content (AvgIpc) is 2.34. The molecule has 0 aliphatic carbocycles. The first-order valence-corrected chi connectivity index (χ1v) is 3.45. The van der Waals surface area contributed by atoms with Crippen LogP contribution in [0.1, 0.15) is 5.01 Å². The van der Waals surface area contributed by atoms with Gasteiger partial charge in [0.05, 0.1) is 6.42 Å². The summed E-state index contributed by atoms with van der Waals surface area (Å²) in [5.41, 5.74) is 0. The molecule has 0 amide bonds. The third kappa shape index (κ3) is 1.87. The van der Waals surface area contributed by atoms with Crippen molar-refractivity contribution in [2.24, 2.45) is 0 Å². The number of hydrogen-bond acceptors (Lipinski definition) is 2. The summed E-state index contributed by atoms with van der Waals surface area (Å²) in [6.07, 6.45) is 2.52. The Bertz CT molecular complexity index is 215. The molecule has 1 aromatic rings. The summed E-state index contributed by atoms with van der Waals surface area (Å²) >= 11 is 1.62. The standard InChI is InChI=1S/C7H6NS/c1-2-3-4-7-8-5-6-9-7/h5-6H,1,4H2. The molecule has 0 aliphatic rings. The first kappa shape index (κ1) is 6.31. The van der Waals surface area contributed by atoms with Gasteiger partial charge in [0, 0.05) is 18.5 Å². The van der Waals surface area contributed by atoms with Gasteiger partial charge in [0.25, 0.3) is 0 Å². The van der Waals surface area contributed by atoms with E-state index in [0.717, 1.165) is 11.4 Å². The Morgan fingerprint density at radius 3 is 3.22 bits per heavy atom. The second kappa shape index (κ2) is 3.26. The maximum atomic E-state index is 4.04. The van der Waals surface area contributed by atoms with Crippen LogP contribution < -0.4 is 0 Å². The zero-order valence-electron chi connectivity index (χ0n) is 4.92. The van der Waals surface area contributed by atoms with Gasteiger partial charge >= 0.3 is 0 Å². The molecule has 0 aromatic carbocycles. The lowest BCUT2D eigenvalue weighted by Gasteiger charge is -1.78. The molecule has 9 heavy (non-hydrogen) atoms. The number of hydrogen-bond donors (Lipinski definition) is 0. The monoisotopic (exact) mass is 136 g/mol. The Morgan fingerprint density at radius 1 is 1.78 bits per heavy atom. The van der Waals surface area contributed by atoms with Gasteiger partial charge < -0.3 is 0 Å². The number of rotatable bonds is 1. The molecule has 0 saturated carbocycles. The fourth-order valence-electron chi connectivity index (χ4n) is 0.478. The lowest BCUT2D eigenvalue weighted by Crippen LogP contribution is -1.75. The maximum Gasteiger partial charge on any atom is 0.104 e. The average molecular weight is 136 g/mol. The van der Waals surface area contributed by atoms with Crippen LogP contribution in [0.15, 0.2) is 11.6 Å². The molecule has 1 aromatic heterocycles. The molecule has 0 aliphatic heterocycles. The van der Waals surface area contributed by atoms with Gasteiger partial charge in [-0.2, -0.15) is 0 Å². The van der Waals surface area contributed by atoms with E-state index in [4.69, 9.17) is 0 Å². The summed E-state index contributed by atoms with van der Waals surface area (Å²) in [7, 11) is 0. The highest BCUT2D eigenvalue weighted by Gasteiger charge is 1.87. The fourth-order valence-corrected chi connectivity index (χ4v) is 1.03. The predicted octanol–water partition coefficient (Wildman–Crippen LogP) is 1.52. The van der Waals surface area contributed by atoms with Crippen LogP contribution in [0.3, 0.4) is 0 Å². The van der Waals surface area contributed by atoms with Crippen molar-refractivity contribution in [1.29, 1.82) is 0 Å². The molecule has 0 saturated heterocycles. The molecular weight excluding hydrogens is 130 g/mol. The largest absolute Gasteiger partial charge is 0.249 e. The molecule has 2 heteroatoms. The lowest BCUT2D eigenvalue weighted by molar-refractivity contribution is 1.22. The van der Waals surface area contributed by atoms with E-state index in [1.807, 2.05) is 5.38 Å². The van der Waals surface area contributed by atoms with Crippen LogP contribution >= 0.6 is 11.3 Å². The topological polar surface area (TPSA) is 12.9 Å². The Balaban J connectivity index is 2.54. The van der Waals surface area contributed by atoms with Crippen molar-refractivity contribution in [2.45, 2.75) is 6.42 Å². The van der Waals surface area contributed by atoms with Gasteiger partial charge in [-0.05, 0) is 0 Å². The minimum absolute atomic E-state index is 0.737. The Kier molecular flexibility index (Phi) is 2.29. The van der Waals surface area contributed by atoms with E-state index in [9.17, 15) is 0 Å². The van der Waals surface area contributed by atoms with E-state index in [0.29, 0.717) is 0 Å². The van der Waals surface area contributed by atoms with Crippen LogP contribution in [0.25, 0.3) is 0 Å². The van der Waals surface area contributed by atoms with Crippen LogP contribution in [0.2, 0.25) is 0 Å². The molecular formula is C7H6NS. The fraction of sp³-hybridized carbons (Fsp3) is 0.143. The Morgan fingerprint density at radius 2 is 2.67 bits per heavy atom. The molecule has 0 unspecified atom stereocenters. The SMILES string of the molecule is [CH2]C#CCc1nccs1. The normalized spacial score (nSPS) is 8.11. The van der Waals surface area contributed by atoms with E-state index < -0.39 is 0 Å². The second-order valence-corrected chi connectivity index (χ2v) is 2.44. The van der Waals surface area contributed by atoms with Gasteiger partial charge in [-0.15, -0.1) is 17.3 Å². The van der Waals surface area contributed by atoms with Crippen molar-refractivity contribution in [3.8, 4) is 11.8 Å². The van der Waals surface area contributed by atoms with E-state index in [-0.39, 0.29) is 0 Å². The molecule has 0 spiro atoms. The molecule has 1 heterocycles. The number of nitrogens with zero attached hydrogens (tertiary/aromatic N) is 1.